The molecule has 1 unspecified atom stereocenters. The summed E-state index contributed by atoms with van der Waals surface area (Å²) < 4.78 is 14.7. The Kier molecular flexibility index (Phi) is 4.02. The van der Waals surface area contributed by atoms with Gasteiger partial charge in [-0.15, -0.1) is 0 Å². The summed E-state index contributed by atoms with van der Waals surface area (Å²) in [4.78, 5) is 23.4. The van der Waals surface area contributed by atoms with Crippen LogP contribution in [0.4, 0.5) is 4.39 Å². The first-order valence-electron chi connectivity index (χ1n) is 6.17. The number of rotatable bonds is 4. The molecule has 0 aliphatic heterocycles. The summed E-state index contributed by atoms with van der Waals surface area (Å²) in [6, 6.07) is 2.53. The van der Waals surface area contributed by atoms with Crippen molar-refractivity contribution in [2.24, 2.45) is 7.05 Å². The van der Waals surface area contributed by atoms with Crippen LogP contribution in [0.5, 0.6) is 0 Å². The van der Waals surface area contributed by atoms with Crippen LogP contribution in [0.1, 0.15) is 27.5 Å². The van der Waals surface area contributed by atoms with Crippen LogP contribution in [0.15, 0.2) is 30.6 Å². The number of carboxylic acids is 1. The number of carbonyl (C=O) groups is 2. The molecule has 6 nitrogen and oxygen atoms in total. The highest BCUT2D eigenvalue weighted by molar-refractivity contribution is 5.98. The molecular formula is C14H14FN3O3. The average Bonchev–Trinajstić information content (AvgIpc) is 2.84. The number of aryl methyl sites for hydroxylation is 2. The molecule has 0 saturated heterocycles. The van der Waals surface area contributed by atoms with Crippen LogP contribution in [-0.2, 0) is 11.8 Å². The van der Waals surface area contributed by atoms with Gasteiger partial charge in [0.15, 0.2) is 6.04 Å². The van der Waals surface area contributed by atoms with Gasteiger partial charge >= 0.3 is 5.97 Å². The second-order valence-corrected chi connectivity index (χ2v) is 4.65. The third-order valence-electron chi connectivity index (χ3n) is 3.02. The van der Waals surface area contributed by atoms with Crippen LogP contribution in [-0.4, -0.2) is 26.8 Å². The zero-order valence-corrected chi connectivity index (χ0v) is 11.5. The Labute approximate surface area is 120 Å². The van der Waals surface area contributed by atoms with E-state index in [0.717, 1.165) is 6.07 Å². The second kappa shape index (κ2) is 5.74. The third kappa shape index (κ3) is 3.25. The van der Waals surface area contributed by atoms with Crippen LogP contribution in [0.2, 0.25) is 0 Å². The van der Waals surface area contributed by atoms with Gasteiger partial charge in [-0.05, 0) is 24.6 Å². The van der Waals surface area contributed by atoms with E-state index in [0.29, 0.717) is 11.1 Å². The van der Waals surface area contributed by atoms with E-state index in [9.17, 15) is 19.1 Å². The van der Waals surface area contributed by atoms with E-state index >= 15 is 0 Å². The first kappa shape index (κ1) is 14.7. The van der Waals surface area contributed by atoms with E-state index in [1.807, 2.05) is 0 Å². The maximum absolute atomic E-state index is 13.2. The Bertz CT molecular complexity index is 697. The van der Waals surface area contributed by atoms with Crippen molar-refractivity contribution in [3.05, 3.63) is 53.1 Å². The Morgan fingerprint density at radius 1 is 1.43 bits per heavy atom. The van der Waals surface area contributed by atoms with Crippen molar-refractivity contribution in [2.45, 2.75) is 13.0 Å². The van der Waals surface area contributed by atoms with E-state index in [-0.39, 0.29) is 5.56 Å². The van der Waals surface area contributed by atoms with Crippen LogP contribution >= 0.6 is 0 Å². The number of nitrogens with one attached hydrogen (secondary N) is 1. The molecule has 2 aromatic rings. The number of aromatic nitrogens is 2. The molecule has 7 heteroatoms. The summed E-state index contributed by atoms with van der Waals surface area (Å²) in [6.07, 6.45) is 2.86. The Morgan fingerprint density at radius 2 is 2.14 bits per heavy atom. The molecule has 1 aromatic carbocycles. The van der Waals surface area contributed by atoms with Gasteiger partial charge in [0.25, 0.3) is 5.91 Å². The van der Waals surface area contributed by atoms with E-state index < -0.39 is 23.7 Å². The topological polar surface area (TPSA) is 84.2 Å². The highest BCUT2D eigenvalue weighted by Crippen LogP contribution is 2.15. The number of carbonyl (C=O) groups excluding carboxylic acids is 1. The number of amides is 1. The van der Waals surface area contributed by atoms with Gasteiger partial charge in [-0.1, -0.05) is 6.07 Å². The summed E-state index contributed by atoms with van der Waals surface area (Å²) in [5, 5.41) is 15.5. The minimum atomic E-state index is -1.24. The molecule has 0 spiro atoms. The van der Waals surface area contributed by atoms with E-state index in [1.165, 1.54) is 29.2 Å². The fourth-order valence-electron chi connectivity index (χ4n) is 1.92. The molecule has 21 heavy (non-hydrogen) atoms. The molecule has 2 N–H and O–H groups in total. The van der Waals surface area contributed by atoms with Gasteiger partial charge in [-0.25, -0.2) is 9.18 Å². The number of aliphatic carboxylic acids is 1. The molecule has 1 aromatic heterocycles. The molecule has 0 aliphatic carbocycles. The van der Waals surface area contributed by atoms with E-state index in [2.05, 4.69) is 10.4 Å². The standard InChI is InChI=1S/C14H14FN3O3/c1-8-3-4-10(15)5-11(8)13(19)17-12(14(20)21)9-6-16-18(2)7-9/h3-7,12H,1-2H3,(H,17,19)(H,20,21). The Hall–Kier alpha value is -2.70. The van der Waals surface area contributed by atoms with Crippen LogP contribution in [0, 0.1) is 12.7 Å². The highest BCUT2D eigenvalue weighted by Gasteiger charge is 2.24. The molecule has 2 rings (SSSR count). The lowest BCUT2D eigenvalue weighted by Crippen LogP contribution is -2.34. The molecule has 0 radical (unpaired) electrons. The summed E-state index contributed by atoms with van der Waals surface area (Å²) >= 11 is 0. The average molecular weight is 291 g/mol. The minimum absolute atomic E-state index is 0.102. The molecular weight excluding hydrogens is 277 g/mol. The predicted octanol–water partition coefficient (Wildman–Crippen LogP) is 1.42. The summed E-state index contributed by atoms with van der Waals surface area (Å²) in [5.41, 5.74) is 1.00. The minimum Gasteiger partial charge on any atom is -0.479 e. The summed E-state index contributed by atoms with van der Waals surface area (Å²) in [5.74, 6) is -2.42. The van der Waals surface area contributed by atoms with E-state index in [1.54, 1.807) is 14.0 Å². The number of carboxylic acid groups (broad SMARTS) is 1. The number of hydrogen-bond acceptors (Lipinski definition) is 3. The number of hydrogen-bond donors (Lipinski definition) is 2. The van der Waals surface area contributed by atoms with Crippen molar-refractivity contribution in [3.63, 3.8) is 0 Å². The normalized spacial score (nSPS) is 12.0. The van der Waals surface area contributed by atoms with Crippen molar-refractivity contribution in [2.75, 3.05) is 0 Å². The second-order valence-electron chi connectivity index (χ2n) is 4.65. The maximum Gasteiger partial charge on any atom is 0.331 e. The van der Waals surface area contributed by atoms with Gasteiger partial charge in [0.1, 0.15) is 5.82 Å². The molecule has 0 aliphatic rings. The fourth-order valence-corrected chi connectivity index (χ4v) is 1.92. The summed E-state index contributed by atoms with van der Waals surface area (Å²) in [7, 11) is 1.64. The highest BCUT2D eigenvalue weighted by atomic mass is 19.1. The van der Waals surface area contributed by atoms with Gasteiger partial charge in [-0.3, -0.25) is 9.48 Å². The lowest BCUT2D eigenvalue weighted by atomic mass is 10.1. The van der Waals surface area contributed by atoms with Crippen molar-refractivity contribution >= 4 is 11.9 Å². The largest absolute Gasteiger partial charge is 0.479 e. The Balaban J connectivity index is 2.27. The number of benzene rings is 1. The first-order valence-corrected chi connectivity index (χ1v) is 6.17. The SMILES string of the molecule is Cc1ccc(F)cc1C(=O)NC(C(=O)O)c1cnn(C)c1. The number of halogens is 1. The van der Waals surface area contributed by atoms with Crippen LogP contribution in [0.3, 0.4) is 0 Å². The zero-order valence-electron chi connectivity index (χ0n) is 11.5. The van der Waals surface area contributed by atoms with Crippen LogP contribution < -0.4 is 5.32 Å². The quantitative estimate of drug-likeness (QED) is 0.892. The van der Waals surface area contributed by atoms with Crippen molar-refractivity contribution in [1.82, 2.24) is 15.1 Å². The lowest BCUT2D eigenvalue weighted by Gasteiger charge is -2.14. The lowest BCUT2D eigenvalue weighted by molar-refractivity contribution is -0.139. The number of nitrogens with zero attached hydrogens (tertiary/aromatic N) is 2. The van der Waals surface area contributed by atoms with Gasteiger partial charge in [0.05, 0.1) is 6.20 Å². The monoisotopic (exact) mass is 291 g/mol. The van der Waals surface area contributed by atoms with E-state index in [4.69, 9.17) is 0 Å². The van der Waals surface area contributed by atoms with Gasteiger partial charge in [-0.2, -0.15) is 5.10 Å². The maximum atomic E-state index is 13.2. The van der Waals surface area contributed by atoms with Gasteiger partial charge < -0.3 is 10.4 Å². The molecule has 0 bridgehead atoms. The van der Waals surface area contributed by atoms with Crippen molar-refractivity contribution < 1.29 is 19.1 Å². The third-order valence-corrected chi connectivity index (χ3v) is 3.02. The predicted molar refractivity (Wildman–Crippen MR) is 72.2 cm³/mol. The van der Waals surface area contributed by atoms with Gasteiger partial charge in [0, 0.05) is 24.4 Å². The first-order chi connectivity index (χ1) is 9.88. The van der Waals surface area contributed by atoms with Gasteiger partial charge in [0.2, 0.25) is 0 Å². The molecule has 0 fully saturated rings. The van der Waals surface area contributed by atoms with Crippen molar-refractivity contribution in [3.8, 4) is 0 Å². The molecule has 1 heterocycles. The smallest absolute Gasteiger partial charge is 0.331 e. The molecule has 1 amide bonds. The summed E-state index contributed by atoms with van der Waals surface area (Å²) in [6.45, 7) is 1.65. The van der Waals surface area contributed by atoms with Crippen molar-refractivity contribution in [1.29, 1.82) is 0 Å². The Morgan fingerprint density at radius 3 is 2.71 bits per heavy atom. The molecule has 1 atom stereocenters. The fraction of sp³-hybridized carbons (Fsp3) is 0.214. The molecule has 110 valence electrons. The molecule has 0 saturated carbocycles. The van der Waals surface area contributed by atoms with Crippen LogP contribution in [0.25, 0.3) is 0 Å². The zero-order chi connectivity index (χ0) is 15.6.